The summed E-state index contributed by atoms with van der Waals surface area (Å²) in [5, 5.41) is 3.86. The van der Waals surface area contributed by atoms with Crippen molar-refractivity contribution in [3.05, 3.63) is 44.7 Å². The highest BCUT2D eigenvalue weighted by Gasteiger charge is 2.15. The lowest BCUT2D eigenvalue weighted by Crippen LogP contribution is -2.39. The fraction of sp³-hybridized carbons (Fsp3) is 0.600. The molecule has 3 heterocycles. The van der Waals surface area contributed by atoms with Gasteiger partial charge in [-0.15, -0.1) is 0 Å². The summed E-state index contributed by atoms with van der Waals surface area (Å²) in [6, 6.07) is 1.91. The van der Waals surface area contributed by atoms with Gasteiger partial charge in [-0.3, -0.25) is 13.9 Å². The lowest BCUT2D eigenvalue weighted by atomic mass is 10.2. The third kappa shape index (κ3) is 4.61. The maximum atomic E-state index is 12.9. The molecule has 0 radical (unpaired) electrons. The predicted molar refractivity (Wildman–Crippen MR) is 110 cm³/mol. The molecule has 0 saturated carbocycles. The Kier molecular flexibility index (Phi) is 7.78. The van der Waals surface area contributed by atoms with Crippen LogP contribution in [-0.2, 0) is 26.6 Å². The molecule has 3 rings (SSSR count). The van der Waals surface area contributed by atoms with Crippen molar-refractivity contribution in [1.29, 1.82) is 0 Å². The molecule has 0 N–H and O–H groups in total. The topological polar surface area (TPSA) is 87.8 Å². The highest BCUT2D eigenvalue weighted by Crippen LogP contribution is 2.09. The maximum Gasteiger partial charge on any atom is 0.332 e. The summed E-state index contributed by atoms with van der Waals surface area (Å²) in [6.07, 6.45) is 5.91. The average molecular weight is 390 g/mol. The van der Waals surface area contributed by atoms with E-state index in [0.29, 0.717) is 24.1 Å². The van der Waals surface area contributed by atoms with Crippen molar-refractivity contribution in [2.24, 2.45) is 7.05 Å². The van der Waals surface area contributed by atoms with E-state index in [4.69, 9.17) is 4.52 Å². The molecule has 154 valence electrons. The Hall–Kier alpha value is -2.64. The normalized spacial score (nSPS) is 10.9. The minimum atomic E-state index is -0.321. The molecule has 8 nitrogen and oxygen atoms in total. The summed E-state index contributed by atoms with van der Waals surface area (Å²) in [7, 11) is 1.66. The number of aromatic nitrogens is 5. The first-order chi connectivity index (χ1) is 13.5. The maximum absolute atomic E-state index is 12.9. The van der Waals surface area contributed by atoms with Gasteiger partial charge in [-0.05, 0) is 26.2 Å². The van der Waals surface area contributed by atoms with Crippen LogP contribution in [0.25, 0.3) is 11.2 Å². The van der Waals surface area contributed by atoms with Crippen molar-refractivity contribution in [3.8, 4) is 0 Å². The van der Waals surface area contributed by atoms with E-state index in [-0.39, 0.29) is 11.2 Å². The summed E-state index contributed by atoms with van der Waals surface area (Å²) in [6.45, 7) is 9.09. The monoisotopic (exact) mass is 389 g/mol. The van der Waals surface area contributed by atoms with Crippen LogP contribution < -0.4 is 11.2 Å². The van der Waals surface area contributed by atoms with E-state index in [1.165, 1.54) is 9.13 Å². The van der Waals surface area contributed by atoms with Crippen molar-refractivity contribution < 1.29 is 4.52 Å². The van der Waals surface area contributed by atoms with Crippen LogP contribution in [0.1, 0.15) is 57.9 Å². The molecule has 0 aliphatic rings. The van der Waals surface area contributed by atoms with Gasteiger partial charge >= 0.3 is 5.69 Å². The Bertz CT molecular complexity index is 1010. The molecule has 3 aromatic heterocycles. The number of nitrogens with zero attached hydrogens (tertiary/aromatic N) is 5. The van der Waals surface area contributed by atoms with Crippen molar-refractivity contribution in [1.82, 2.24) is 23.8 Å². The minimum Gasteiger partial charge on any atom is -0.361 e. The van der Waals surface area contributed by atoms with Gasteiger partial charge in [0.2, 0.25) is 0 Å². The van der Waals surface area contributed by atoms with E-state index in [9.17, 15) is 9.59 Å². The molecular formula is C20H31N5O3. The van der Waals surface area contributed by atoms with Crippen LogP contribution in [0.3, 0.4) is 0 Å². The first-order valence-corrected chi connectivity index (χ1v) is 10.1. The number of aryl methyl sites for hydroxylation is 4. The number of unbranched alkanes of at least 4 members (excludes halogenated alkanes) is 2. The van der Waals surface area contributed by atoms with E-state index in [2.05, 4.69) is 17.1 Å². The molecule has 8 heteroatoms. The molecule has 0 atom stereocenters. The van der Waals surface area contributed by atoms with Gasteiger partial charge in [0.15, 0.2) is 11.2 Å². The highest BCUT2D eigenvalue weighted by atomic mass is 16.5. The zero-order valence-electron chi connectivity index (χ0n) is 17.6. The van der Waals surface area contributed by atoms with E-state index in [1.54, 1.807) is 13.4 Å². The van der Waals surface area contributed by atoms with Crippen molar-refractivity contribution >= 4 is 11.2 Å². The molecular weight excluding hydrogens is 358 g/mol. The fourth-order valence-corrected chi connectivity index (χ4v) is 3.12. The molecule has 0 unspecified atom stereocenters. The number of hydrogen-bond acceptors (Lipinski definition) is 5. The first kappa shape index (κ1) is 21.7. The molecule has 0 aromatic carbocycles. The molecule has 3 aromatic rings. The van der Waals surface area contributed by atoms with Crippen molar-refractivity contribution in [3.63, 3.8) is 0 Å². The lowest BCUT2D eigenvalue weighted by Gasteiger charge is -2.09. The minimum absolute atomic E-state index is 0.257. The van der Waals surface area contributed by atoms with Crippen molar-refractivity contribution in [2.75, 3.05) is 0 Å². The van der Waals surface area contributed by atoms with Gasteiger partial charge in [-0.1, -0.05) is 32.3 Å². The van der Waals surface area contributed by atoms with Crippen LogP contribution >= 0.6 is 0 Å². The quantitative estimate of drug-likeness (QED) is 0.553. The molecule has 0 spiro atoms. The van der Waals surface area contributed by atoms with E-state index < -0.39 is 0 Å². The number of hydrogen-bond donors (Lipinski definition) is 0. The van der Waals surface area contributed by atoms with Gasteiger partial charge in [0.05, 0.1) is 12.0 Å². The van der Waals surface area contributed by atoms with Crippen LogP contribution in [0.5, 0.6) is 0 Å². The summed E-state index contributed by atoms with van der Waals surface area (Å²) >= 11 is 0. The molecule has 28 heavy (non-hydrogen) atoms. The number of imidazole rings is 1. The highest BCUT2D eigenvalue weighted by molar-refractivity contribution is 5.69. The average Bonchev–Trinajstić information content (AvgIpc) is 3.31. The van der Waals surface area contributed by atoms with Crippen LogP contribution in [0.2, 0.25) is 0 Å². The summed E-state index contributed by atoms with van der Waals surface area (Å²) in [5.41, 5.74) is 1.23. The Morgan fingerprint density at radius 1 is 1.11 bits per heavy atom. The molecule has 0 aliphatic heterocycles. The Morgan fingerprint density at radius 3 is 2.50 bits per heavy atom. The van der Waals surface area contributed by atoms with Gasteiger partial charge < -0.3 is 9.09 Å². The zero-order valence-corrected chi connectivity index (χ0v) is 17.6. The van der Waals surface area contributed by atoms with Crippen LogP contribution in [0, 0.1) is 6.92 Å². The van der Waals surface area contributed by atoms with Crippen LogP contribution in [0.4, 0.5) is 0 Å². The second-order valence-corrected chi connectivity index (χ2v) is 6.65. The Morgan fingerprint density at radius 2 is 1.86 bits per heavy atom. The zero-order chi connectivity index (χ0) is 20.7. The first-order valence-electron chi connectivity index (χ1n) is 10.1. The van der Waals surface area contributed by atoms with E-state index in [0.717, 1.165) is 43.7 Å². The SMILES string of the molecule is CC.CCCCn1cnc2c1c(=O)n(CCCCc1cc(C)no1)c(=O)n2C. The third-order valence-corrected chi connectivity index (χ3v) is 4.59. The van der Waals surface area contributed by atoms with Crippen LogP contribution in [-0.4, -0.2) is 23.8 Å². The van der Waals surface area contributed by atoms with E-state index in [1.807, 2.05) is 31.4 Å². The summed E-state index contributed by atoms with van der Waals surface area (Å²) < 4.78 is 9.82. The molecule has 0 bridgehead atoms. The second-order valence-electron chi connectivity index (χ2n) is 6.65. The third-order valence-electron chi connectivity index (χ3n) is 4.59. The summed E-state index contributed by atoms with van der Waals surface area (Å²) in [4.78, 5) is 29.7. The Labute approximate surface area is 164 Å². The fourth-order valence-electron chi connectivity index (χ4n) is 3.12. The molecule has 0 aliphatic carbocycles. The molecule has 0 fully saturated rings. The largest absolute Gasteiger partial charge is 0.361 e. The molecule has 0 saturated heterocycles. The van der Waals surface area contributed by atoms with Crippen molar-refractivity contribution in [2.45, 2.75) is 72.9 Å². The predicted octanol–water partition coefficient (Wildman–Crippen LogP) is 3.04. The van der Waals surface area contributed by atoms with Gasteiger partial charge in [-0.2, -0.15) is 0 Å². The van der Waals surface area contributed by atoms with Gasteiger partial charge in [0.1, 0.15) is 5.76 Å². The van der Waals surface area contributed by atoms with Gasteiger partial charge in [0.25, 0.3) is 5.56 Å². The lowest BCUT2D eigenvalue weighted by molar-refractivity contribution is 0.374. The smallest absolute Gasteiger partial charge is 0.332 e. The van der Waals surface area contributed by atoms with Gasteiger partial charge in [-0.25, -0.2) is 9.78 Å². The number of rotatable bonds is 8. The van der Waals surface area contributed by atoms with Crippen LogP contribution in [0.15, 0.2) is 26.5 Å². The number of fused-ring (bicyclic) bond motifs is 1. The molecule has 0 amide bonds. The summed E-state index contributed by atoms with van der Waals surface area (Å²) in [5.74, 6) is 0.829. The standard InChI is InChI=1S/C18H25N5O3.C2H6/c1-4-5-9-22-12-19-16-15(22)17(24)23(18(25)21(16)3)10-7-6-8-14-11-13(2)20-26-14;1-2/h11-12H,4-10H2,1-3H3;1-2H3. The van der Waals surface area contributed by atoms with E-state index >= 15 is 0 Å². The second kappa shape index (κ2) is 10.1. The van der Waals surface area contributed by atoms with Gasteiger partial charge in [0, 0.05) is 32.6 Å². The Balaban J connectivity index is 0.00000136.